The number of rotatable bonds is 2. The van der Waals surface area contributed by atoms with Crippen LogP contribution < -0.4 is 0 Å². The summed E-state index contributed by atoms with van der Waals surface area (Å²) in [5, 5.41) is -0.393. The number of carbonyl (C=O) groups is 1. The molecule has 0 aromatic rings. The summed E-state index contributed by atoms with van der Waals surface area (Å²) in [7, 11) is -3.17. The van der Waals surface area contributed by atoms with Crippen LogP contribution >= 0.6 is 0 Å². The van der Waals surface area contributed by atoms with Crippen LogP contribution in [0.1, 0.15) is 33.1 Å². The third kappa shape index (κ3) is 2.54. The minimum atomic E-state index is -3.17. The molecule has 0 amide bonds. The first-order valence-corrected chi connectivity index (χ1v) is 6.45. The van der Waals surface area contributed by atoms with Crippen molar-refractivity contribution >= 4 is 15.8 Å². The van der Waals surface area contributed by atoms with E-state index in [9.17, 15) is 13.2 Å². The van der Waals surface area contributed by atoms with Crippen molar-refractivity contribution in [3.8, 4) is 0 Å². The monoisotopic (exact) mass is 219 g/mol. The Kier molecular flexibility index (Phi) is 3.66. The topological polar surface area (TPSA) is 54.5 Å². The zero-order valence-electron chi connectivity index (χ0n) is 8.69. The van der Waals surface area contributed by atoms with E-state index in [4.69, 9.17) is 0 Å². The van der Waals surface area contributed by atoms with Gasteiger partial charge in [-0.1, -0.05) is 0 Å². The maximum absolute atomic E-state index is 11.8. The Bertz CT molecular complexity index is 308. The molecule has 0 bridgehead atoms. The molecule has 0 radical (unpaired) electrons. The van der Waals surface area contributed by atoms with Crippen LogP contribution in [-0.2, 0) is 14.8 Å². The van der Waals surface area contributed by atoms with Crippen LogP contribution in [0.25, 0.3) is 0 Å². The van der Waals surface area contributed by atoms with Crippen molar-refractivity contribution in [3.05, 3.63) is 0 Å². The second-order valence-corrected chi connectivity index (χ2v) is 6.37. The molecule has 1 heterocycles. The highest BCUT2D eigenvalue weighted by Gasteiger charge is 2.27. The summed E-state index contributed by atoms with van der Waals surface area (Å²) in [5.74, 6) is 0.173. The Balaban J connectivity index is 2.74. The summed E-state index contributed by atoms with van der Waals surface area (Å²) in [5.41, 5.74) is 0. The fourth-order valence-corrected chi connectivity index (χ4v) is 2.82. The number of hydrogen-bond acceptors (Lipinski definition) is 3. The molecule has 1 aliphatic rings. The number of sulfonamides is 1. The van der Waals surface area contributed by atoms with Gasteiger partial charge in [-0.05, 0) is 20.3 Å². The van der Waals surface area contributed by atoms with E-state index in [1.807, 2.05) is 0 Å². The minimum absolute atomic E-state index is 0.173. The fourth-order valence-electron chi connectivity index (χ4n) is 1.49. The van der Waals surface area contributed by atoms with Crippen molar-refractivity contribution in [1.29, 1.82) is 0 Å². The summed E-state index contributed by atoms with van der Waals surface area (Å²) < 4.78 is 25.0. The highest BCUT2D eigenvalue weighted by atomic mass is 32.2. The predicted octanol–water partition coefficient (Wildman–Crippen LogP) is 0.780. The largest absolute Gasteiger partial charge is 0.300 e. The molecule has 1 aliphatic heterocycles. The van der Waals surface area contributed by atoms with Crippen LogP contribution in [0.5, 0.6) is 0 Å². The molecule has 1 rings (SSSR count). The first kappa shape index (κ1) is 11.7. The molecule has 0 atom stereocenters. The number of hydrogen-bond donors (Lipinski definition) is 0. The molecular weight excluding hydrogens is 202 g/mol. The lowest BCUT2D eigenvalue weighted by Crippen LogP contribution is -2.37. The van der Waals surface area contributed by atoms with E-state index in [0.717, 1.165) is 0 Å². The summed E-state index contributed by atoms with van der Waals surface area (Å²) in [6.07, 6.45) is 1.54. The molecule has 82 valence electrons. The van der Waals surface area contributed by atoms with E-state index in [1.54, 1.807) is 13.8 Å². The van der Waals surface area contributed by atoms with Crippen molar-refractivity contribution in [1.82, 2.24) is 4.31 Å². The van der Waals surface area contributed by atoms with Gasteiger partial charge in [0.2, 0.25) is 10.0 Å². The molecule has 1 saturated heterocycles. The van der Waals surface area contributed by atoms with E-state index in [1.165, 1.54) is 4.31 Å². The van der Waals surface area contributed by atoms with Gasteiger partial charge in [0.1, 0.15) is 5.78 Å². The molecule has 14 heavy (non-hydrogen) atoms. The van der Waals surface area contributed by atoms with Crippen LogP contribution in [0.4, 0.5) is 0 Å². The van der Waals surface area contributed by atoms with Crippen LogP contribution in [0.2, 0.25) is 0 Å². The van der Waals surface area contributed by atoms with Gasteiger partial charge < -0.3 is 0 Å². The van der Waals surface area contributed by atoms with Gasteiger partial charge in [-0.25, -0.2) is 12.7 Å². The molecule has 5 heteroatoms. The molecule has 4 nitrogen and oxygen atoms in total. The van der Waals surface area contributed by atoms with E-state index < -0.39 is 15.3 Å². The fraction of sp³-hybridized carbons (Fsp3) is 0.889. The van der Waals surface area contributed by atoms with Crippen LogP contribution in [0, 0.1) is 0 Å². The SMILES string of the molecule is CC(C)S(=O)(=O)N1CCCC(=O)CC1. The minimum Gasteiger partial charge on any atom is -0.300 e. The predicted molar refractivity (Wildman–Crippen MR) is 54.5 cm³/mol. The maximum Gasteiger partial charge on any atom is 0.216 e. The van der Waals surface area contributed by atoms with Crippen LogP contribution in [-0.4, -0.2) is 36.8 Å². The van der Waals surface area contributed by atoms with Crippen molar-refractivity contribution in [3.63, 3.8) is 0 Å². The third-order valence-electron chi connectivity index (χ3n) is 2.46. The lowest BCUT2D eigenvalue weighted by molar-refractivity contribution is -0.118. The summed E-state index contributed by atoms with van der Waals surface area (Å²) in [6.45, 7) is 4.19. The first-order chi connectivity index (χ1) is 6.44. The second kappa shape index (κ2) is 4.40. The molecule has 0 saturated carbocycles. The number of ketones is 1. The van der Waals surface area contributed by atoms with Crippen molar-refractivity contribution in [2.45, 2.75) is 38.4 Å². The van der Waals surface area contributed by atoms with Gasteiger partial charge in [-0.2, -0.15) is 0 Å². The Morgan fingerprint density at radius 2 is 1.86 bits per heavy atom. The smallest absolute Gasteiger partial charge is 0.216 e. The summed E-state index contributed by atoms with van der Waals surface area (Å²) >= 11 is 0. The van der Waals surface area contributed by atoms with Gasteiger partial charge in [0.25, 0.3) is 0 Å². The average molecular weight is 219 g/mol. The van der Waals surface area contributed by atoms with Crippen molar-refractivity contribution in [2.75, 3.05) is 13.1 Å². The quantitative estimate of drug-likeness (QED) is 0.689. The van der Waals surface area contributed by atoms with E-state index >= 15 is 0 Å². The zero-order valence-corrected chi connectivity index (χ0v) is 9.51. The highest BCUT2D eigenvalue weighted by molar-refractivity contribution is 7.89. The standard InChI is InChI=1S/C9H17NO3S/c1-8(2)14(12,13)10-6-3-4-9(11)5-7-10/h8H,3-7H2,1-2H3. The number of nitrogens with zero attached hydrogens (tertiary/aromatic N) is 1. The lowest BCUT2D eigenvalue weighted by Gasteiger charge is -2.21. The Labute approximate surface area is 85.3 Å². The zero-order chi connectivity index (χ0) is 10.8. The molecule has 1 fully saturated rings. The maximum atomic E-state index is 11.8. The lowest BCUT2D eigenvalue weighted by atomic mass is 10.2. The van der Waals surface area contributed by atoms with Crippen molar-refractivity contribution < 1.29 is 13.2 Å². The van der Waals surface area contributed by atoms with Gasteiger partial charge in [-0.3, -0.25) is 4.79 Å². The number of Topliss-reactive ketones (excluding diaryl/α,β-unsaturated/α-hetero) is 1. The van der Waals surface area contributed by atoms with E-state index in [2.05, 4.69) is 0 Å². The second-order valence-electron chi connectivity index (χ2n) is 3.88. The van der Waals surface area contributed by atoms with E-state index in [0.29, 0.717) is 32.4 Å². The van der Waals surface area contributed by atoms with E-state index in [-0.39, 0.29) is 5.78 Å². The number of carbonyl (C=O) groups excluding carboxylic acids is 1. The molecule has 0 aromatic carbocycles. The normalized spacial score (nSPS) is 21.2. The van der Waals surface area contributed by atoms with Gasteiger partial charge in [0.05, 0.1) is 5.25 Å². The van der Waals surface area contributed by atoms with Gasteiger partial charge in [0.15, 0.2) is 0 Å². The van der Waals surface area contributed by atoms with Crippen LogP contribution in [0.3, 0.4) is 0 Å². The van der Waals surface area contributed by atoms with Gasteiger partial charge in [-0.15, -0.1) is 0 Å². The third-order valence-corrected chi connectivity index (χ3v) is 4.74. The van der Waals surface area contributed by atoms with Crippen LogP contribution in [0.15, 0.2) is 0 Å². The Morgan fingerprint density at radius 3 is 2.43 bits per heavy atom. The molecule has 0 spiro atoms. The highest BCUT2D eigenvalue weighted by Crippen LogP contribution is 2.14. The Morgan fingerprint density at radius 1 is 1.21 bits per heavy atom. The summed E-state index contributed by atoms with van der Waals surface area (Å²) in [4.78, 5) is 11.1. The molecular formula is C9H17NO3S. The summed E-state index contributed by atoms with van der Waals surface area (Å²) in [6, 6.07) is 0. The molecule has 0 N–H and O–H groups in total. The average Bonchev–Trinajstić information content (AvgIpc) is 2.29. The molecule has 0 aromatic heterocycles. The first-order valence-electron chi connectivity index (χ1n) is 4.95. The van der Waals surface area contributed by atoms with Gasteiger partial charge >= 0.3 is 0 Å². The Hall–Kier alpha value is -0.420. The molecule has 0 aliphatic carbocycles. The van der Waals surface area contributed by atoms with Gasteiger partial charge in [0, 0.05) is 25.9 Å². The molecule has 0 unspecified atom stereocenters. The van der Waals surface area contributed by atoms with Crippen molar-refractivity contribution in [2.24, 2.45) is 0 Å².